The van der Waals surface area contributed by atoms with E-state index in [9.17, 15) is 4.79 Å². The van der Waals surface area contributed by atoms with E-state index in [0.29, 0.717) is 10.6 Å². The summed E-state index contributed by atoms with van der Waals surface area (Å²) >= 11 is 1.45. The number of thiophene rings is 1. The molecule has 1 saturated heterocycles. The molecule has 1 atom stereocenters. The second kappa shape index (κ2) is 6.14. The smallest absolute Gasteiger partial charge is 0.261 e. The van der Waals surface area contributed by atoms with Crippen LogP contribution in [-0.4, -0.2) is 24.2 Å². The molecule has 1 aromatic heterocycles. The van der Waals surface area contributed by atoms with Crippen LogP contribution in [0.5, 0.6) is 0 Å². The Morgan fingerprint density at radius 2 is 2.25 bits per heavy atom. The zero-order valence-electron chi connectivity index (χ0n) is 12.5. The molecule has 0 spiro atoms. The molecule has 112 valence electrons. The highest BCUT2D eigenvalue weighted by Gasteiger charge is 2.35. The zero-order valence-corrected chi connectivity index (χ0v) is 13.3. The molecule has 0 aromatic carbocycles. The molecule has 1 amide bonds. The molecule has 1 aliphatic rings. The van der Waals surface area contributed by atoms with Gasteiger partial charge in [0.25, 0.3) is 5.91 Å². The van der Waals surface area contributed by atoms with Crippen LogP contribution in [0.2, 0.25) is 0 Å². The summed E-state index contributed by atoms with van der Waals surface area (Å²) in [6.07, 6.45) is 3.75. The van der Waals surface area contributed by atoms with Crippen molar-refractivity contribution in [2.75, 3.05) is 12.3 Å². The van der Waals surface area contributed by atoms with Gasteiger partial charge < -0.3 is 15.8 Å². The number of carbonyl (C=O) groups excluding carboxylic acids is 1. The lowest BCUT2D eigenvalue weighted by Gasteiger charge is -2.40. The highest BCUT2D eigenvalue weighted by Crippen LogP contribution is 2.32. The first-order valence-electron chi connectivity index (χ1n) is 7.30. The summed E-state index contributed by atoms with van der Waals surface area (Å²) in [4.78, 5) is 14.0. The van der Waals surface area contributed by atoms with E-state index >= 15 is 0 Å². The fourth-order valence-electron chi connectivity index (χ4n) is 2.76. The van der Waals surface area contributed by atoms with Crippen LogP contribution in [-0.2, 0) is 4.74 Å². The highest BCUT2D eigenvalue weighted by atomic mass is 32.1. The summed E-state index contributed by atoms with van der Waals surface area (Å²) < 4.78 is 5.94. The van der Waals surface area contributed by atoms with Gasteiger partial charge in [-0.15, -0.1) is 11.3 Å². The van der Waals surface area contributed by atoms with Gasteiger partial charge in [-0.3, -0.25) is 4.79 Å². The van der Waals surface area contributed by atoms with Crippen molar-refractivity contribution in [3.05, 3.63) is 15.8 Å². The average molecular weight is 296 g/mol. The number of nitrogens with two attached hydrogens (primary N) is 1. The van der Waals surface area contributed by atoms with Gasteiger partial charge in [0.15, 0.2) is 0 Å². The molecule has 0 aliphatic carbocycles. The summed E-state index contributed by atoms with van der Waals surface area (Å²) in [6.45, 7) is 6.96. The molecule has 0 radical (unpaired) electrons. The number of nitrogens with one attached hydrogen (secondary N) is 1. The van der Waals surface area contributed by atoms with Crippen LogP contribution in [0.25, 0.3) is 0 Å². The maximum absolute atomic E-state index is 12.3. The van der Waals surface area contributed by atoms with E-state index in [2.05, 4.69) is 19.2 Å². The molecule has 0 bridgehead atoms. The van der Waals surface area contributed by atoms with Crippen LogP contribution >= 0.6 is 11.3 Å². The Morgan fingerprint density at radius 1 is 1.55 bits per heavy atom. The predicted molar refractivity (Wildman–Crippen MR) is 83.2 cm³/mol. The fraction of sp³-hybridized carbons (Fsp3) is 0.667. The minimum absolute atomic E-state index is 0.0113. The first-order chi connectivity index (χ1) is 9.49. The monoisotopic (exact) mass is 296 g/mol. The molecule has 2 heterocycles. The number of hydrogen-bond acceptors (Lipinski definition) is 4. The van der Waals surface area contributed by atoms with Crippen molar-refractivity contribution in [3.8, 4) is 0 Å². The average Bonchev–Trinajstić information content (AvgIpc) is 2.79. The van der Waals surface area contributed by atoms with Gasteiger partial charge in [-0.1, -0.05) is 13.8 Å². The Bertz CT molecular complexity index is 461. The van der Waals surface area contributed by atoms with Crippen LogP contribution in [0, 0.1) is 6.92 Å². The van der Waals surface area contributed by atoms with E-state index < -0.39 is 0 Å². The number of carbonyl (C=O) groups is 1. The third kappa shape index (κ3) is 3.15. The Morgan fingerprint density at radius 3 is 2.80 bits per heavy atom. The molecule has 5 heteroatoms. The van der Waals surface area contributed by atoms with E-state index in [1.807, 2.05) is 6.92 Å². The van der Waals surface area contributed by atoms with E-state index in [1.54, 1.807) is 6.07 Å². The van der Waals surface area contributed by atoms with Gasteiger partial charge in [-0.2, -0.15) is 0 Å². The van der Waals surface area contributed by atoms with Gasteiger partial charge in [-0.05, 0) is 38.7 Å². The van der Waals surface area contributed by atoms with Gasteiger partial charge in [0.2, 0.25) is 0 Å². The van der Waals surface area contributed by atoms with E-state index in [0.717, 1.165) is 37.2 Å². The number of amides is 1. The first-order valence-corrected chi connectivity index (χ1v) is 8.12. The number of rotatable bonds is 4. The van der Waals surface area contributed by atoms with E-state index in [-0.39, 0.29) is 17.6 Å². The molecular weight excluding hydrogens is 272 g/mol. The first kappa shape index (κ1) is 15.3. The van der Waals surface area contributed by atoms with Crippen LogP contribution in [0.4, 0.5) is 5.69 Å². The summed E-state index contributed by atoms with van der Waals surface area (Å²) in [5.41, 5.74) is 6.44. The van der Waals surface area contributed by atoms with Gasteiger partial charge in [-0.25, -0.2) is 0 Å². The second-order valence-electron chi connectivity index (χ2n) is 5.52. The van der Waals surface area contributed by atoms with Crippen LogP contribution in [0.15, 0.2) is 6.07 Å². The number of anilines is 1. The molecule has 1 unspecified atom stereocenters. The predicted octanol–water partition coefficient (Wildman–Crippen LogP) is 3.11. The van der Waals surface area contributed by atoms with Gasteiger partial charge in [0.1, 0.15) is 0 Å². The molecule has 4 nitrogen and oxygen atoms in total. The van der Waals surface area contributed by atoms with Crippen LogP contribution in [0.3, 0.4) is 0 Å². The Balaban J connectivity index is 2.00. The van der Waals surface area contributed by atoms with Gasteiger partial charge in [0, 0.05) is 23.2 Å². The summed E-state index contributed by atoms with van der Waals surface area (Å²) in [6, 6.07) is 1.96. The maximum Gasteiger partial charge on any atom is 0.261 e. The summed E-state index contributed by atoms with van der Waals surface area (Å²) in [5, 5.41) is 3.14. The fourth-order valence-corrected chi connectivity index (χ4v) is 3.60. The topological polar surface area (TPSA) is 64.4 Å². The number of aryl methyl sites for hydroxylation is 1. The lowest BCUT2D eigenvalue weighted by molar-refractivity contribution is -0.0917. The number of ether oxygens (including phenoxy) is 1. The molecule has 1 fully saturated rings. The van der Waals surface area contributed by atoms with Crippen molar-refractivity contribution in [1.29, 1.82) is 0 Å². The Labute approximate surface area is 124 Å². The molecule has 1 aromatic rings. The maximum atomic E-state index is 12.3. The van der Waals surface area contributed by atoms with E-state index in [1.165, 1.54) is 11.3 Å². The lowest BCUT2D eigenvalue weighted by atomic mass is 9.86. The minimum atomic E-state index is -0.0689. The Kier molecular flexibility index (Phi) is 4.70. The molecule has 3 N–H and O–H groups in total. The Hall–Kier alpha value is -1.07. The quantitative estimate of drug-likeness (QED) is 0.897. The van der Waals surface area contributed by atoms with Crippen molar-refractivity contribution in [2.24, 2.45) is 0 Å². The third-order valence-electron chi connectivity index (χ3n) is 4.30. The molecule has 1 aliphatic heterocycles. The normalized spacial score (nSPS) is 21.6. The van der Waals surface area contributed by atoms with Crippen molar-refractivity contribution in [3.63, 3.8) is 0 Å². The standard InChI is InChI=1S/C15H24N2O2S/c1-4-15(5-2)9-11(6-7-19-15)17-14(18)13-8-12(16)10(3)20-13/h8,11H,4-7,9,16H2,1-3H3,(H,17,18). The van der Waals surface area contributed by atoms with E-state index in [4.69, 9.17) is 10.5 Å². The zero-order chi connectivity index (χ0) is 14.8. The SMILES string of the molecule is CCC1(CC)CC(NC(=O)c2cc(N)c(C)s2)CCO1. The minimum Gasteiger partial charge on any atom is -0.398 e. The lowest BCUT2D eigenvalue weighted by Crippen LogP contribution is -2.48. The third-order valence-corrected chi connectivity index (χ3v) is 5.36. The van der Waals surface area contributed by atoms with Gasteiger partial charge >= 0.3 is 0 Å². The molecule has 20 heavy (non-hydrogen) atoms. The van der Waals surface area contributed by atoms with Crippen molar-refractivity contribution in [1.82, 2.24) is 5.32 Å². The van der Waals surface area contributed by atoms with Gasteiger partial charge in [0.05, 0.1) is 10.5 Å². The highest BCUT2D eigenvalue weighted by molar-refractivity contribution is 7.14. The van der Waals surface area contributed by atoms with Crippen LogP contribution in [0.1, 0.15) is 54.1 Å². The van der Waals surface area contributed by atoms with Crippen molar-refractivity contribution >= 4 is 22.9 Å². The second-order valence-corrected chi connectivity index (χ2v) is 6.78. The molecule has 2 rings (SSSR count). The number of hydrogen-bond donors (Lipinski definition) is 2. The largest absolute Gasteiger partial charge is 0.398 e. The number of nitrogen functional groups attached to an aromatic ring is 1. The van der Waals surface area contributed by atoms with Crippen molar-refractivity contribution in [2.45, 2.75) is 58.1 Å². The molecule has 0 saturated carbocycles. The van der Waals surface area contributed by atoms with Crippen LogP contribution < -0.4 is 11.1 Å². The summed E-state index contributed by atoms with van der Waals surface area (Å²) in [7, 11) is 0. The van der Waals surface area contributed by atoms with Crippen molar-refractivity contribution < 1.29 is 9.53 Å². The summed E-state index contributed by atoms with van der Waals surface area (Å²) in [5.74, 6) is -0.0113. The molecular formula is C15H24N2O2S.